The Bertz CT molecular complexity index is 640. The topological polar surface area (TPSA) is 80.6 Å². The Hall–Kier alpha value is -2.15. The predicted octanol–water partition coefficient (Wildman–Crippen LogP) is -0.248. The molecule has 1 atom stereocenters. The van der Waals surface area contributed by atoms with E-state index in [-0.39, 0.29) is 29.7 Å². The quantitative estimate of drug-likeness (QED) is 0.832. The van der Waals surface area contributed by atoms with E-state index in [0.29, 0.717) is 19.4 Å². The van der Waals surface area contributed by atoms with Crippen molar-refractivity contribution in [2.24, 2.45) is 7.05 Å². The van der Waals surface area contributed by atoms with Gasteiger partial charge in [0.2, 0.25) is 5.91 Å². The van der Waals surface area contributed by atoms with Crippen LogP contribution in [0.25, 0.3) is 0 Å². The van der Waals surface area contributed by atoms with Crippen molar-refractivity contribution in [3.63, 3.8) is 0 Å². The van der Waals surface area contributed by atoms with Gasteiger partial charge in [-0.2, -0.15) is 0 Å². The minimum atomic E-state index is -1.02. The Kier molecular flexibility index (Phi) is 4.65. The number of hydrogen-bond donors (Lipinski definition) is 1. The smallest absolute Gasteiger partial charge is 0.271 e. The third-order valence-electron chi connectivity index (χ3n) is 4.17. The molecule has 1 aromatic heterocycles. The van der Waals surface area contributed by atoms with Crippen LogP contribution in [0.3, 0.4) is 0 Å². The minimum Gasteiger partial charge on any atom is -0.382 e. The Labute approximate surface area is 128 Å². The molecule has 2 amide bonds. The highest BCUT2D eigenvalue weighted by Crippen LogP contribution is 2.31. The first-order chi connectivity index (χ1) is 10.5. The molecule has 1 aliphatic heterocycles. The molecule has 0 radical (unpaired) electrons. The largest absolute Gasteiger partial charge is 0.382 e. The zero-order valence-corrected chi connectivity index (χ0v) is 13.1. The molecule has 0 bridgehead atoms. The summed E-state index contributed by atoms with van der Waals surface area (Å²) < 4.78 is 6.49. The molecule has 0 aliphatic carbocycles. The van der Waals surface area contributed by atoms with Gasteiger partial charge in [-0.1, -0.05) is 6.07 Å². The van der Waals surface area contributed by atoms with Crippen molar-refractivity contribution in [3.8, 4) is 0 Å². The summed E-state index contributed by atoms with van der Waals surface area (Å²) in [5, 5.41) is 2.61. The Morgan fingerprint density at radius 1 is 1.41 bits per heavy atom. The zero-order chi connectivity index (χ0) is 16.3. The van der Waals surface area contributed by atoms with E-state index in [9.17, 15) is 14.4 Å². The lowest BCUT2D eigenvalue weighted by Gasteiger charge is -2.36. The second-order valence-corrected chi connectivity index (χ2v) is 5.41. The van der Waals surface area contributed by atoms with Crippen molar-refractivity contribution in [2.75, 3.05) is 27.3 Å². The normalized spacial score (nSPS) is 21.0. The van der Waals surface area contributed by atoms with Crippen LogP contribution in [0.2, 0.25) is 0 Å². The van der Waals surface area contributed by atoms with Crippen LogP contribution in [0.15, 0.2) is 23.0 Å². The number of methoxy groups -OCH3 is 1. The summed E-state index contributed by atoms with van der Waals surface area (Å²) in [4.78, 5) is 38.5. The van der Waals surface area contributed by atoms with Crippen LogP contribution >= 0.6 is 0 Å². The predicted molar refractivity (Wildman–Crippen MR) is 80.6 cm³/mol. The third-order valence-corrected chi connectivity index (χ3v) is 4.17. The molecule has 1 aliphatic rings. The molecule has 2 heterocycles. The maximum absolute atomic E-state index is 12.9. The first kappa shape index (κ1) is 16.2. The van der Waals surface area contributed by atoms with Crippen molar-refractivity contribution >= 4 is 11.8 Å². The number of carbonyl (C=O) groups excluding carboxylic acids is 2. The highest BCUT2D eigenvalue weighted by Gasteiger charge is 2.49. The Morgan fingerprint density at radius 2 is 2.14 bits per heavy atom. The standard InChI is InChI=1S/C15H21N3O4/c1-16-14(21)15(10-22-3)8-5-9-18(15)13(20)11-6-4-7-12(19)17(11)2/h4,6-7H,5,8-10H2,1-3H3,(H,16,21). The van der Waals surface area contributed by atoms with Crippen molar-refractivity contribution in [3.05, 3.63) is 34.2 Å². The number of aromatic nitrogens is 1. The highest BCUT2D eigenvalue weighted by molar-refractivity contribution is 5.98. The number of ether oxygens (including phenoxy) is 1. The number of carbonyl (C=O) groups is 2. The lowest BCUT2D eigenvalue weighted by atomic mass is 9.95. The van der Waals surface area contributed by atoms with Gasteiger partial charge in [-0.25, -0.2) is 0 Å². The monoisotopic (exact) mass is 307 g/mol. The number of amides is 2. The van der Waals surface area contributed by atoms with Crippen LogP contribution in [0.5, 0.6) is 0 Å². The fourth-order valence-electron chi connectivity index (χ4n) is 3.01. The summed E-state index contributed by atoms with van der Waals surface area (Å²) in [5.74, 6) is -0.584. The van der Waals surface area contributed by atoms with Crippen molar-refractivity contribution in [2.45, 2.75) is 18.4 Å². The first-order valence-corrected chi connectivity index (χ1v) is 7.17. The van der Waals surface area contributed by atoms with E-state index in [4.69, 9.17) is 4.74 Å². The second-order valence-electron chi connectivity index (χ2n) is 5.41. The number of rotatable bonds is 4. The Balaban J connectivity index is 2.44. The molecular formula is C15H21N3O4. The average molecular weight is 307 g/mol. The van der Waals surface area contributed by atoms with Gasteiger partial charge in [0.25, 0.3) is 11.5 Å². The van der Waals surface area contributed by atoms with Gasteiger partial charge in [-0.05, 0) is 18.9 Å². The molecule has 1 saturated heterocycles. The molecule has 120 valence electrons. The van der Waals surface area contributed by atoms with E-state index >= 15 is 0 Å². The summed E-state index contributed by atoms with van der Waals surface area (Å²) in [5.41, 5.74) is -1.02. The van der Waals surface area contributed by atoms with Crippen molar-refractivity contribution < 1.29 is 14.3 Å². The molecule has 0 spiro atoms. The molecule has 0 saturated carbocycles. The third kappa shape index (κ3) is 2.52. The van der Waals surface area contributed by atoms with E-state index in [1.54, 1.807) is 26.2 Å². The van der Waals surface area contributed by atoms with Gasteiger partial charge < -0.3 is 19.5 Å². The highest BCUT2D eigenvalue weighted by atomic mass is 16.5. The molecule has 1 N–H and O–H groups in total. The molecule has 1 unspecified atom stereocenters. The molecule has 22 heavy (non-hydrogen) atoms. The van der Waals surface area contributed by atoms with Crippen molar-refractivity contribution in [1.29, 1.82) is 0 Å². The molecule has 7 heteroatoms. The maximum atomic E-state index is 12.9. The molecule has 1 aromatic rings. The summed E-state index contributed by atoms with van der Waals surface area (Å²) in [6.07, 6.45) is 1.25. The van der Waals surface area contributed by atoms with E-state index in [1.807, 2.05) is 0 Å². The van der Waals surface area contributed by atoms with E-state index in [2.05, 4.69) is 5.32 Å². The van der Waals surface area contributed by atoms with Gasteiger partial charge in [-0.15, -0.1) is 0 Å². The summed E-state index contributed by atoms with van der Waals surface area (Å²) >= 11 is 0. The summed E-state index contributed by atoms with van der Waals surface area (Å²) in [6, 6.07) is 4.52. The number of likely N-dealkylation sites (N-methyl/N-ethyl adjacent to an activating group) is 1. The lowest BCUT2D eigenvalue weighted by Crippen LogP contribution is -2.59. The first-order valence-electron chi connectivity index (χ1n) is 7.17. The fourth-order valence-corrected chi connectivity index (χ4v) is 3.01. The van der Waals surface area contributed by atoms with Gasteiger partial charge in [0, 0.05) is 33.8 Å². The zero-order valence-electron chi connectivity index (χ0n) is 13.1. The van der Waals surface area contributed by atoms with Gasteiger partial charge in [-0.3, -0.25) is 14.4 Å². The molecule has 1 fully saturated rings. The van der Waals surface area contributed by atoms with E-state index in [1.165, 1.54) is 22.6 Å². The fraction of sp³-hybridized carbons (Fsp3) is 0.533. The number of pyridine rings is 1. The number of likely N-dealkylation sites (tertiary alicyclic amines) is 1. The van der Waals surface area contributed by atoms with Gasteiger partial charge in [0.15, 0.2) is 0 Å². The minimum absolute atomic E-state index is 0.124. The van der Waals surface area contributed by atoms with E-state index in [0.717, 1.165) is 0 Å². The summed E-state index contributed by atoms with van der Waals surface area (Å²) in [6.45, 7) is 0.581. The average Bonchev–Trinajstić information content (AvgIpc) is 2.93. The lowest BCUT2D eigenvalue weighted by molar-refractivity contribution is -0.133. The van der Waals surface area contributed by atoms with Crippen LogP contribution in [0.1, 0.15) is 23.3 Å². The maximum Gasteiger partial charge on any atom is 0.271 e. The number of hydrogen-bond acceptors (Lipinski definition) is 4. The van der Waals surface area contributed by atoms with Gasteiger partial charge in [0.1, 0.15) is 11.2 Å². The van der Waals surface area contributed by atoms with Gasteiger partial charge in [0.05, 0.1) is 6.61 Å². The molecule has 7 nitrogen and oxygen atoms in total. The second kappa shape index (κ2) is 6.31. The Morgan fingerprint density at radius 3 is 2.77 bits per heavy atom. The molecular weight excluding hydrogens is 286 g/mol. The van der Waals surface area contributed by atoms with Crippen LogP contribution in [-0.4, -0.2) is 54.1 Å². The van der Waals surface area contributed by atoms with Crippen molar-refractivity contribution in [1.82, 2.24) is 14.8 Å². The summed E-state index contributed by atoms with van der Waals surface area (Å²) in [7, 11) is 4.59. The number of nitrogens with zero attached hydrogens (tertiary/aromatic N) is 2. The number of nitrogens with one attached hydrogen (secondary N) is 1. The van der Waals surface area contributed by atoms with Crippen LogP contribution in [0.4, 0.5) is 0 Å². The van der Waals surface area contributed by atoms with Crippen LogP contribution < -0.4 is 10.9 Å². The van der Waals surface area contributed by atoms with Crippen LogP contribution in [0, 0.1) is 0 Å². The molecule has 0 aromatic carbocycles. The molecule has 2 rings (SSSR count). The SMILES string of the molecule is CNC(=O)C1(COC)CCCN1C(=O)c1cccc(=O)n1C. The van der Waals surface area contributed by atoms with E-state index < -0.39 is 5.54 Å². The van der Waals surface area contributed by atoms with Gasteiger partial charge >= 0.3 is 0 Å². The van der Waals surface area contributed by atoms with Crippen LogP contribution in [-0.2, 0) is 16.6 Å².